The van der Waals surface area contributed by atoms with Gasteiger partial charge in [0.1, 0.15) is 6.43 Å². The molecule has 0 aromatic carbocycles. The Kier molecular flexibility index (Phi) is 1.97. The van der Waals surface area contributed by atoms with E-state index in [9.17, 15) is 13.2 Å². The first-order valence-electron chi connectivity index (χ1n) is 0.988. The molecule has 0 amide bonds. The van der Waals surface area contributed by atoms with Crippen molar-refractivity contribution in [3.8, 4) is 0 Å². The van der Waals surface area contributed by atoms with Crippen LogP contribution in [-0.2, 0) is 0 Å². The molecule has 0 bridgehead atoms. The number of hydrogen-bond acceptors (Lipinski definition) is 0. The van der Waals surface area contributed by atoms with Crippen molar-refractivity contribution in [2.75, 3.05) is 0 Å². The smallest absolute Gasteiger partial charge is 0.148 e. The van der Waals surface area contributed by atoms with E-state index in [1.807, 2.05) is 0 Å². The second-order valence-electron chi connectivity index (χ2n) is 0.460. The first kappa shape index (κ1) is 4.79. The average Bonchev–Trinajstić information content (AvgIpc) is 1.38. The lowest BCUT2D eigenvalue weighted by Gasteiger charge is -1.92. The van der Waals surface area contributed by atoms with E-state index < -0.39 is 13.1 Å². The van der Waals surface area contributed by atoms with Gasteiger partial charge < -0.3 is 4.39 Å². The number of rotatable bonds is 1. The van der Waals surface area contributed by atoms with Gasteiger partial charge in [0.2, 0.25) is 0 Å². The van der Waals surface area contributed by atoms with Crippen molar-refractivity contribution in [1.29, 1.82) is 0 Å². The van der Waals surface area contributed by atoms with E-state index in [-0.39, 0.29) is 0 Å². The Balaban J connectivity index is 2.54. The van der Waals surface area contributed by atoms with Crippen LogP contribution in [-0.4, -0.2) is 6.43 Å². The van der Waals surface area contributed by atoms with E-state index in [2.05, 4.69) is 0 Å². The molecule has 5 heavy (non-hydrogen) atoms. The normalized spacial score (nSPS) is 9.60. The molecule has 0 aliphatic carbocycles. The minimum Gasteiger partial charge on any atom is -0.454 e. The van der Waals surface area contributed by atoms with E-state index in [4.69, 9.17) is 0 Å². The Morgan fingerprint density at radius 3 is 1.60 bits per heavy atom. The predicted octanol–water partition coefficient (Wildman–Crippen LogP) is 1.38. The lowest BCUT2D eigenvalue weighted by Crippen LogP contribution is -1.80. The molecule has 0 spiro atoms. The molecule has 0 nitrogen and oxygen atoms in total. The van der Waals surface area contributed by atoms with Crippen LogP contribution in [0, 0.1) is 6.67 Å². The minimum atomic E-state index is -2.91. The summed E-state index contributed by atoms with van der Waals surface area (Å²) in [6.45, 7) is -0.667. The van der Waals surface area contributed by atoms with Gasteiger partial charge in [-0.25, -0.2) is 8.78 Å². The monoisotopic (exact) mass is 83.0 g/mol. The van der Waals surface area contributed by atoms with Crippen molar-refractivity contribution < 1.29 is 13.2 Å². The molecule has 0 radical (unpaired) electrons. The summed E-state index contributed by atoms with van der Waals surface area (Å²) < 4.78 is 30.9. The van der Waals surface area contributed by atoms with Gasteiger partial charge in [-0.1, -0.05) is 0 Å². The van der Waals surface area contributed by atoms with Gasteiger partial charge in [-0.05, 0) is 0 Å². The number of hydrogen-bond donors (Lipinski definition) is 0. The molecule has 0 rings (SSSR count). The SMILES string of the molecule is F[CH-]C(F)F. The number of alkyl halides is 2. The topological polar surface area (TPSA) is 0 Å². The van der Waals surface area contributed by atoms with Gasteiger partial charge in [-0.2, -0.15) is 0 Å². The summed E-state index contributed by atoms with van der Waals surface area (Å²) >= 11 is 0. The number of halogens is 3. The van der Waals surface area contributed by atoms with Crippen LogP contribution in [0.1, 0.15) is 0 Å². The van der Waals surface area contributed by atoms with Gasteiger partial charge in [0.05, 0.1) is 0 Å². The first-order chi connectivity index (χ1) is 2.27. The summed E-state index contributed by atoms with van der Waals surface area (Å²) in [6.07, 6.45) is -2.91. The zero-order valence-corrected chi connectivity index (χ0v) is 2.29. The molecule has 0 fully saturated rings. The highest BCUT2D eigenvalue weighted by molar-refractivity contribution is 4.44. The van der Waals surface area contributed by atoms with Crippen molar-refractivity contribution in [3.05, 3.63) is 6.67 Å². The van der Waals surface area contributed by atoms with E-state index in [1.54, 1.807) is 0 Å². The second-order valence-corrected chi connectivity index (χ2v) is 0.460. The molecule has 0 saturated carbocycles. The van der Waals surface area contributed by atoms with Crippen molar-refractivity contribution in [1.82, 2.24) is 0 Å². The van der Waals surface area contributed by atoms with Crippen LogP contribution < -0.4 is 0 Å². The summed E-state index contributed by atoms with van der Waals surface area (Å²) in [5.74, 6) is 0. The minimum absolute atomic E-state index is 0.667. The molecule has 0 aliphatic rings. The van der Waals surface area contributed by atoms with Crippen molar-refractivity contribution in [2.45, 2.75) is 6.43 Å². The molecule has 3 heteroatoms. The zero-order valence-electron chi connectivity index (χ0n) is 2.29. The first-order valence-corrected chi connectivity index (χ1v) is 0.988. The largest absolute Gasteiger partial charge is 0.454 e. The highest BCUT2D eigenvalue weighted by atomic mass is 19.3. The third kappa shape index (κ3) is 3.79. The molecular formula is C2H2F3-. The van der Waals surface area contributed by atoms with Crippen LogP contribution >= 0.6 is 0 Å². The summed E-state index contributed by atoms with van der Waals surface area (Å²) in [6, 6.07) is 0. The van der Waals surface area contributed by atoms with Crippen molar-refractivity contribution in [2.24, 2.45) is 0 Å². The second kappa shape index (κ2) is 2.05. The lowest BCUT2D eigenvalue weighted by atomic mass is 10.8. The van der Waals surface area contributed by atoms with Crippen LogP contribution in [0.25, 0.3) is 0 Å². The summed E-state index contributed by atoms with van der Waals surface area (Å²) in [4.78, 5) is 0. The molecule has 0 unspecified atom stereocenters. The Hall–Kier alpha value is -0.210. The van der Waals surface area contributed by atoms with Crippen LogP contribution in [0.2, 0.25) is 0 Å². The summed E-state index contributed by atoms with van der Waals surface area (Å²) in [5.41, 5.74) is 0. The van der Waals surface area contributed by atoms with Gasteiger partial charge >= 0.3 is 0 Å². The molecular weight excluding hydrogens is 81.0 g/mol. The van der Waals surface area contributed by atoms with E-state index in [0.29, 0.717) is 0 Å². The molecule has 0 atom stereocenters. The highest BCUT2D eigenvalue weighted by Crippen LogP contribution is 1.94. The maximum absolute atomic E-state index is 10.3. The summed E-state index contributed by atoms with van der Waals surface area (Å²) in [7, 11) is 0. The lowest BCUT2D eigenvalue weighted by molar-refractivity contribution is 0.152. The van der Waals surface area contributed by atoms with Gasteiger partial charge in [0, 0.05) is 0 Å². The van der Waals surface area contributed by atoms with Crippen molar-refractivity contribution >= 4 is 0 Å². The fourth-order valence-electron chi connectivity index (χ4n) is 0. The average molecular weight is 83.0 g/mol. The van der Waals surface area contributed by atoms with Crippen LogP contribution in [0.3, 0.4) is 0 Å². The van der Waals surface area contributed by atoms with Crippen LogP contribution in [0.5, 0.6) is 0 Å². The zero-order chi connectivity index (χ0) is 4.28. The quantitative estimate of drug-likeness (QED) is 0.420. The standard InChI is InChI=1S/C2H2F3/c3-1-2(4)5/h1-2H/q-1. The molecule has 0 aliphatic heterocycles. The summed E-state index contributed by atoms with van der Waals surface area (Å²) in [5, 5.41) is 0. The molecule has 0 aromatic rings. The van der Waals surface area contributed by atoms with Gasteiger partial charge in [-0.15, -0.1) is 6.67 Å². The van der Waals surface area contributed by atoms with Gasteiger partial charge in [0.25, 0.3) is 0 Å². The highest BCUT2D eigenvalue weighted by Gasteiger charge is 1.81. The third-order valence-corrected chi connectivity index (χ3v) is 0.0952. The molecule has 32 valence electrons. The van der Waals surface area contributed by atoms with Crippen LogP contribution in [0.15, 0.2) is 0 Å². The maximum atomic E-state index is 10.3. The van der Waals surface area contributed by atoms with E-state index >= 15 is 0 Å². The molecule has 0 N–H and O–H groups in total. The Bertz CT molecular complexity index is 18.9. The van der Waals surface area contributed by atoms with E-state index in [0.717, 1.165) is 0 Å². The van der Waals surface area contributed by atoms with Gasteiger partial charge in [-0.3, -0.25) is 0 Å². The van der Waals surface area contributed by atoms with E-state index in [1.165, 1.54) is 0 Å². The fraction of sp³-hybridized carbons (Fsp3) is 0.500. The maximum Gasteiger partial charge on any atom is 0.148 e. The predicted molar refractivity (Wildman–Crippen MR) is 11.4 cm³/mol. The molecule has 0 aromatic heterocycles. The fourth-order valence-corrected chi connectivity index (χ4v) is 0. The Morgan fingerprint density at radius 1 is 1.40 bits per heavy atom. The van der Waals surface area contributed by atoms with Gasteiger partial charge in [0.15, 0.2) is 0 Å². The van der Waals surface area contributed by atoms with Crippen LogP contribution in [0.4, 0.5) is 13.2 Å². The Labute approximate surface area is 27.6 Å². The van der Waals surface area contributed by atoms with Crippen molar-refractivity contribution in [3.63, 3.8) is 0 Å². The third-order valence-electron chi connectivity index (χ3n) is 0.0952. The Morgan fingerprint density at radius 2 is 1.60 bits per heavy atom. The molecule has 0 saturated heterocycles. The molecule has 0 heterocycles.